The number of hydrogen-bond acceptors (Lipinski definition) is 5. The molecule has 0 aliphatic carbocycles. The van der Waals surface area contributed by atoms with Crippen LogP contribution in [0.25, 0.3) is 21.2 Å². The molecule has 1 amide bonds. The second kappa shape index (κ2) is 7.11. The highest BCUT2D eigenvalue weighted by atomic mass is 32.1. The molecular formula is C22H22N2O3S. The highest BCUT2D eigenvalue weighted by Gasteiger charge is 2.29. The standard InChI is InChI=1S/C22H22N2O3S/c25-19-10-15(18-13-28-20-4-2-1-3-17(18)20)9-16-12-24(7-8-27-21(16)19)22(26)14-5-6-23-11-14/h1-4,9-10,13-14,23,25H,5-8,11-12H2/t14-/m0/s1. The number of nitrogens with one attached hydrogen (secondary N) is 1. The van der Waals surface area contributed by atoms with Gasteiger partial charge in [0, 0.05) is 34.3 Å². The molecule has 2 aliphatic heterocycles. The predicted octanol–water partition coefficient (Wildman–Crippen LogP) is 3.60. The van der Waals surface area contributed by atoms with E-state index in [2.05, 4.69) is 28.9 Å². The average Bonchev–Trinajstić information content (AvgIpc) is 3.33. The molecule has 1 atom stereocenters. The van der Waals surface area contributed by atoms with Crippen LogP contribution in [0.5, 0.6) is 11.5 Å². The lowest BCUT2D eigenvalue weighted by Crippen LogP contribution is -2.37. The van der Waals surface area contributed by atoms with Gasteiger partial charge in [-0.15, -0.1) is 11.3 Å². The van der Waals surface area contributed by atoms with E-state index in [1.54, 1.807) is 17.4 Å². The molecule has 0 radical (unpaired) electrons. The molecule has 6 heteroatoms. The summed E-state index contributed by atoms with van der Waals surface area (Å²) >= 11 is 1.69. The van der Waals surface area contributed by atoms with Gasteiger partial charge in [-0.25, -0.2) is 0 Å². The number of benzene rings is 2. The molecule has 1 saturated heterocycles. The highest BCUT2D eigenvalue weighted by molar-refractivity contribution is 7.17. The summed E-state index contributed by atoms with van der Waals surface area (Å²) in [7, 11) is 0. The normalized spacial score (nSPS) is 19.3. The van der Waals surface area contributed by atoms with Gasteiger partial charge >= 0.3 is 0 Å². The van der Waals surface area contributed by atoms with E-state index < -0.39 is 0 Å². The lowest BCUT2D eigenvalue weighted by Gasteiger charge is -2.23. The van der Waals surface area contributed by atoms with Crippen LogP contribution in [0.15, 0.2) is 41.8 Å². The summed E-state index contributed by atoms with van der Waals surface area (Å²) in [6, 6.07) is 12.1. The number of ether oxygens (including phenoxy) is 1. The van der Waals surface area contributed by atoms with Gasteiger partial charge in [-0.1, -0.05) is 18.2 Å². The zero-order chi connectivity index (χ0) is 19.1. The number of hydrogen-bond donors (Lipinski definition) is 2. The molecule has 144 valence electrons. The van der Waals surface area contributed by atoms with Crippen LogP contribution in [0.2, 0.25) is 0 Å². The topological polar surface area (TPSA) is 61.8 Å². The van der Waals surface area contributed by atoms with Crippen molar-refractivity contribution >= 4 is 27.3 Å². The number of fused-ring (bicyclic) bond motifs is 2. The van der Waals surface area contributed by atoms with E-state index in [1.165, 1.54) is 10.1 Å². The SMILES string of the molecule is O=C([C@H]1CCNC1)N1CCOc2c(O)cc(-c3csc4ccccc34)cc2C1. The van der Waals surface area contributed by atoms with Crippen LogP contribution in [0.3, 0.4) is 0 Å². The monoisotopic (exact) mass is 394 g/mol. The smallest absolute Gasteiger partial charge is 0.227 e. The molecule has 1 aromatic heterocycles. The van der Waals surface area contributed by atoms with Gasteiger partial charge in [-0.2, -0.15) is 0 Å². The molecule has 28 heavy (non-hydrogen) atoms. The quantitative estimate of drug-likeness (QED) is 0.697. The van der Waals surface area contributed by atoms with Gasteiger partial charge in [-0.05, 0) is 42.1 Å². The number of carbonyl (C=O) groups is 1. The minimum atomic E-state index is 0.0409. The fraction of sp³-hybridized carbons (Fsp3) is 0.318. The first-order valence-corrected chi connectivity index (χ1v) is 10.5. The van der Waals surface area contributed by atoms with E-state index in [-0.39, 0.29) is 17.6 Å². The molecule has 0 spiro atoms. The lowest BCUT2D eigenvalue weighted by atomic mass is 10.0. The number of thiophene rings is 1. The summed E-state index contributed by atoms with van der Waals surface area (Å²) in [5.74, 6) is 0.856. The van der Waals surface area contributed by atoms with Gasteiger partial charge in [-0.3, -0.25) is 4.79 Å². The molecule has 0 unspecified atom stereocenters. The fourth-order valence-corrected chi connectivity index (χ4v) is 5.14. The van der Waals surface area contributed by atoms with Crippen molar-refractivity contribution in [3.8, 4) is 22.6 Å². The Morgan fingerprint density at radius 3 is 3.04 bits per heavy atom. The number of phenols is 1. The molecule has 2 aromatic carbocycles. The first-order chi connectivity index (χ1) is 13.7. The van der Waals surface area contributed by atoms with Gasteiger partial charge in [0.15, 0.2) is 11.5 Å². The molecule has 3 heterocycles. The van der Waals surface area contributed by atoms with Gasteiger partial charge in [0.2, 0.25) is 5.91 Å². The van der Waals surface area contributed by atoms with Crippen molar-refractivity contribution in [2.24, 2.45) is 5.92 Å². The van der Waals surface area contributed by atoms with Gasteiger partial charge in [0.05, 0.1) is 12.5 Å². The number of aromatic hydroxyl groups is 1. The van der Waals surface area contributed by atoms with Crippen molar-refractivity contribution in [3.63, 3.8) is 0 Å². The Bertz CT molecular complexity index is 1040. The van der Waals surface area contributed by atoms with Gasteiger partial charge in [0.25, 0.3) is 0 Å². The zero-order valence-electron chi connectivity index (χ0n) is 15.5. The van der Waals surface area contributed by atoms with Crippen LogP contribution >= 0.6 is 11.3 Å². The molecule has 0 bridgehead atoms. The first kappa shape index (κ1) is 17.5. The number of amides is 1. The largest absolute Gasteiger partial charge is 0.504 e. The fourth-order valence-electron chi connectivity index (χ4n) is 4.17. The minimum absolute atomic E-state index is 0.0409. The third-order valence-electron chi connectivity index (χ3n) is 5.63. The van der Waals surface area contributed by atoms with Crippen LogP contribution in [0.1, 0.15) is 12.0 Å². The second-order valence-electron chi connectivity index (χ2n) is 7.43. The summed E-state index contributed by atoms with van der Waals surface area (Å²) < 4.78 is 7.04. The van der Waals surface area contributed by atoms with Crippen LogP contribution in [-0.2, 0) is 11.3 Å². The number of carbonyl (C=O) groups excluding carboxylic acids is 1. The van der Waals surface area contributed by atoms with E-state index in [4.69, 9.17) is 4.74 Å². The summed E-state index contributed by atoms with van der Waals surface area (Å²) in [6.07, 6.45) is 0.884. The predicted molar refractivity (Wildman–Crippen MR) is 111 cm³/mol. The van der Waals surface area contributed by atoms with E-state index in [0.29, 0.717) is 25.4 Å². The van der Waals surface area contributed by atoms with Crippen LogP contribution < -0.4 is 10.1 Å². The van der Waals surface area contributed by atoms with Crippen LogP contribution in [0, 0.1) is 5.92 Å². The summed E-state index contributed by atoms with van der Waals surface area (Å²) in [5.41, 5.74) is 2.91. The van der Waals surface area contributed by atoms with Crippen molar-refractivity contribution in [1.29, 1.82) is 0 Å². The van der Waals surface area contributed by atoms with Crippen LogP contribution in [-0.4, -0.2) is 42.2 Å². The van der Waals surface area contributed by atoms with Crippen LogP contribution in [0.4, 0.5) is 0 Å². The Labute approximate surface area is 167 Å². The van der Waals surface area contributed by atoms with E-state index in [1.807, 2.05) is 17.0 Å². The van der Waals surface area contributed by atoms with Crippen molar-refractivity contribution in [2.75, 3.05) is 26.2 Å². The maximum Gasteiger partial charge on any atom is 0.227 e. The van der Waals surface area contributed by atoms with E-state index >= 15 is 0 Å². The van der Waals surface area contributed by atoms with Crippen molar-refractivity contribution in [1.82, 2.24) is 10.2 Å². The summed E-state index contributed by atoms with van der Waals surface area (Å²) in [6.45, 7) is 3.05. The Morgan fingerprint density at radius 1 is 1.29 bits per heavy atom. The average molecular weight is 394 g/mol. The van der Waals surface area contributed by atoms with E-state index in [0.717, 1.165) is 36.2 Å². The second-order valence-corrected chi connectivity index (χ2v) is 8.34. The molecular weight excluding hydrogens is 372 g/mol. The summed E-state index contributed by atoms with van der Waals surface area (Å²) in [5, 5.41) is 17.2. The molecule has 5 nitrogen and oxygen atoms in total. The van der Waals surface area contributed by atoms with E-state index in [9.17, 15) is 9.90 Å². The third-order valence-corrected chi connectivity index (χ3v) is 6.59. The maximum absolute atomic E-state index is 12.9. The molecule has 5 rings (SSSR count). The molecule has 2 N–H and O–H groups in total. The van der Waals surface area contributed by atoms with Gasteiger partial charge < -0.3 is 20.1 Å². The molecule has 0 saturated carbocycles. The summed E-state index contributed by atoms with van der Waals surface area (Å²) in [4.78, 5) is 14.8. The number of rotatable bonds is 2. The minimum Gasteiger partial charge on any atom is -0.504 e. The number of phenolic OH excluding ortho intramolecular Hbond substituents is 1. The number of nitrogens with zero attached hydrogens (tertiary/aromatic N) is 1. The Morgan fingerprint density at radius 2 is 2.18 bits per heavy atom. The first-order valence-electron chi connectivity index (χ1n) is 9.65. The van der Waals surface area contributed by atoms with Crippen molar-refractivity contribution < 1.29 is 14.6 Å². The Kier molecular flexibility index (Phi) is 4.45. The molecule has 3 aromatic rings. The zero-order valence-corrected chi connectivity index (χ0v) is 16.3. The molecule has 1 fully saturated rings. The van der Waals surface area contributed by atoms with Crippen molar-refractivity contribution in [3.05, 3.63) is 47.3 Å². The maximum atomic E-state index is 12.9. The van der Waals surface area contributed by atoms with Crippen molar-refractivity contribution in [2.45, 2.75) is 13.0 Å². The highest BCUT2D eigenvalue weighted by Crippen LogP contribution is 2.41. The molecule has 2 aliphatic rings. The van der Waals surface area contributed by atoms with Gasteiger partial charge in [0.1, 0.15) is 6.61 Å². The Hall–Kier alpha value is -2.57. The third kappa shape index (κ3) is 3.02. The Balaban J connectivity index is 1.52. The lowest BCUT2D eigenvalue weighted by molar-refractivity contribution is -0.135.